The molecule has 2 aliphatic rings. The van der Waals surface area contributed by atoms with Gasteiger partial charge in [-0.1, -0.05) is 13.8 Å². The van der Waals surface area contributed by atoms with E-state index < -0.39 is 0 Å². The van der Waals surface area contributed by atoms with Crippen molar-refractivity contribution in [2.45, 2.75) is 38.6 Å². The van der Waals surface area contributed by atoms with Gasteiger partial charge in [-0.15, -0.1) is 0 Å². The second-order valence-electron chi connectivity index (χ2n) is 4.90. The molecule has 2 atom stereocenters. The molecule has 0 bridgehead atoms. The highest BCUT2D eigenvalue weighted by Gasteiger charge is 2.52. The van der Waals surface area contributed by atoms with Gasteiger partial charge in [0.2, 0.25) is 0 Å². The summed E-state index contributed by atoms with van der Waals surface area (Å²) in [5, 5.41) is 0. The predicted molar refractivity (Wildman–Crippen MR) is 55.5 cm³/mol. The molecule has 0 saturated carbocycles. The molecular formula is C11H22N2. The summed E-state index contributed by atoms with van der Waals surface area (Å²) in [5.74, 6) is 1.71. The van der Waals surface area contributed by atoms with Crippen LogP contribution in [0.2, 0.25) is 0 Å². The lowest BCUT2D eigenvalue weighted by molar-refractivity contribution is 0.110. The van der Waals surface area contributed by atoms with E-state index in [9.17, 15) is 0 Å². The van der Waals surface area contributed by atoms with Gasteiger partial charge in [-0.2, -0.15) is 0 Å². The van der Waals surface area contributed by atoms with Crippen molar-refractivity contribution in [3.05, 3.63) is 0 Å². The first-order valence-electron chi connectivity index (χ1n) is 5.67. The van der Waals surface area contributed by atoms with Gasteiger partial charge in [0.1, 0.15) is 0 Å². The lowest BCUT2D eigenvalue weighted by Crippen LogP contribution is -2.47. The fraction of sp³-hybridized carbons (Fsp3) is 1.00. The molecule has 0 aliphatic carbocycles. The fourth-order valence-electron chi connectivity index (χ4n) is 3.72. The fourth-order valence-corrected chi connectivity index (χ4v) is 3.72. The third-order valence-electron chi connectivity index (χ3n) is 4.50. The monoisotopic (exact) mass is 182 g/mol. The minimum atomic E-state index is 0.481. The van der Waals surface area contributed by atoms with Crippen LogP contribution >= 0.6 is 0 Å². The normalized spacial score (nSPS) is 45.5. The lowest BCUT2D eigenvalue weighted by atomic mass is 9.75. The van der Waals surface area contributed by atoms with Gasteiger partial charge in [0.05, 0.1) is 0 Å². The molecule has 2 heterocycles. The third-order valence-corrected chi connectivity index (χ3v) is 4.50. The molecule has 2 rings (SSSR count). The molecule has 76 valence electrons. The van der Waals surface area contributed by atoms with E-state index in [0.29, 0.717) is 5.54 Å². The SMILES string of the molecule is CC1CCN2CCC(C)C12CCN. The standard InChI is InChI=1S/C11H22N2/c1-9-3-7-13-8-4-10(2)11(9,13)5-6-12/h9-10H,3-8,12H2,1-2H3. The Bertz CT molecular complexity index is 177. The summed E-state index contributed by atoms with van der Waals surface area (Å²) >= 11 is 0. The van der Waals surface area contributed by atoms with Crippen molar-refractivity contribution in [3.8, 4) is 0 Å². The Labute approximate surface area is 81.5 Å². The van der Waals surface area contributed by atoms with Crippen LogP contribution in [-0.2, 0) is 0 Å². The summed E-state index contributed by atoms with van der Waals surface area (Å²) in [6.45, 7) is 8.30. The Kier molecular flexibility index (Phi) is 2.37. The summed E-state index contributed by atoms with van der Waals surface area (Å²) < 4.78 is 0. The van der Waals surface area contributed by atoms with Crippen molar-refractivity contribution in [1.29, 1.82) is 0 Å². The van der Waals surface area contributed by atoms with Crippen molar-refractivity contribution >= 4 is 0 Å². The van der Waals surface area contributed by atoms with Crippen LogP contribution in [0.15, 0.2) is 0 Å². The molecule has 2 aliphatic heterocycles. The summed E-state index contributed by atoms with van der Waals surface area (Å²) in [7, 11) is 0. The van der Waals surface area contributed by atoms with Gasteiger partial charge >= 0.3 is 0 Å². The largest absolute Gasteiger partial charge is 0.330 e. The Morgan fingerprint density at radius 2 is 1.77 bits per heavy atom. The second kappa shape index (κ2) is 3.25. The molecule has 0 amide bonds. The van der Waals surface area contributed by atoms with Crippen molar-refractivity contribution in [3.63, 3.8) is 0 Å². The minimum Gasteiger partial charge on any atom is -0.330 e. The first kappa shape index (κ1) is 9.47. The molecular weight excluding hydrogens is 160 g/mol. The van der Waals surface area contributed by atoms with E-state index in [1.165, 1.54) is 32.4 Å². The topological polar surface area (TPSA) is 29.3 Å². The molecule has 2 nitrogen and oxygen atoms in total. The average molecular weight is 182 g/mol. The minimum absolute atomic E-state index is 0.481. The number of nitrogens with two attached hydrogens (primary N) is 1. The van der Waals surface area contributed by atoms with E-state index in [1.807, 2.05) is 0 Å². The van der Waals surface area contributed by atoms with Gasteiger partial charge in [0, 0.05) is 5.54 Å². The maximum atomic E-state index is 5.76. The van der Waals surface area contributed by atoms with Crippen LogP contribution in [0.5, 0.6) is 0 Å². The lowest BCUT2D eigenvalue weighted by Gasteiger charge is -2.39. The number of fused-ring (bicyclic) bond motifs is 1. The number of rotatable bonds is 2. The molecule has 2 N–H and O–H groups in total. The highest BCUT2D eigenvalue weighted by Crippen LogP contribution is 2.48. The Morgan fingerprint density at radius 3 is 2.23 bits per heavy atom. The molecule has 0 spiro atoms. The van der Waals surface area contributed by atoms with Crippen LogP contribution in [0.4, 0.5) is 0 Å². The van der Waals surface area contributed by atoms with Crippen molar-refractivity contribution in [2.75, 3.05) is 19.6 Å². The van der Waals surface area contributed by atoms with Crippen molar-refractivity contribution in [2.24, 2.45) is 17.6 Å². The second-order valence-corrected chi connectivity index (χ2v) is 4.90. The van der Waals surface area contributed by atoms with E-state index in [4.69, 9.17) is 5.73 Å². The maximum Gasteiger partial charge on any atom is 0.0273 e. The van der Waals surface area contributed by atoms with E-state index >= 15 is 0 Å². The first-order chi connectivity index (χ1) is 6.21. The average Bonchev–Trinajstić information content (AvgIpc) is 2.57. The van der Waals surface area contributed by atoms with Crippen LogP contribution in [0.1, 0.15) is 33.1 Å². The summed E-state index contributed by atoms with van der Waals surface area (Å²) in [4.78, 5) is 2.70. The number of hydrogen-bond donors (Lipinski definition) is 1. The maximum absolute atomic E-state index is 5.76. The van der Waals surface area contributed by atoms with Gasteiger partial charge in [0.15, 0.2) is 0 Å². The zero-order chi connectivity index (χ0) is 9.47. The van der Waals surface area contributed by atoms with E-state index in [1.54, 1.807) is 0 Å². The highest BCUT2D eigenvalue weighted by atomic mass is 15.3. The molecule has 2 unspecified atom stereocenters. The Morgan fingerprint density at radius 1 is 1.23 bits per heavy atom. The van der Waals surface area contributed by atoms with E-state index in [0.717, 1.165) is 18.4 Å². The molecule has 13 heavy (non-hydrogen) atoms. The molecule has 2 saturated heterocycles. The smallest absolute Gasteiger partial charge is 0.0273 e. The molecule has 2 fully saturated rings. The predicted octanol–water partition coefficient (Wildman–Crippen LogP) is 1.46. The summed E-state index contributed by atoms with van der Waals surface area (Å²) in [6, 6.07) is 0. The van der Waals surface area contributed by atoms with Crippen molar-refractivity contribution in [1.82, 2.24) is 4.90 Å². The third kappa shape index (κ3) is 1.15. The first-order valence-corrected chi connectivity index (χ1v) is 5.67. The van der Waals surface area contributed by atoms with Crippen LogP contribution in [0, 0.1) is 11.8 Å². The summed E-state index contributed by atoms with van der Waals surface area (Å²) in [5.41, 5.74) is 6.24. The number of nitrogens with zero attached hydrogens (tertiary/aromatic N) is 1. The van der Waals surface area contributed by atoms with E-state index in [-0.39, 0.29) is 0 Å². The van der Waals surface area contributed by atoms with Crippen LogP contribution in [0.25, 0.3) is 0 Å². The van der Waals surface area contributed by atoms with E-state index in [2.05, 4.69) is 18.7 Å². The number of hydrogen-bond acceptors (Lipinski definition) is 2. The van der Waals surface area contributed by atoms with Gasteiger partial charge in [-0.05, 0) is 50.7 Å². The molecule has 0 aromatic heterocycles. The van der Waals surface area contributed by atoms with Crippen LogP contribution < -0.4 is 5.73 Å². The van der Waals surface area contributed by atoms with Crippen molar-refractivity contribution < 1.29 is 0 Å². The van der Waals surface area contributed by atoms with Gasteiger partial charge < -0.3 is 5.73 Å². The molecule has 0 aromatic carbocycles. The zero-order valence-corrected chi connectivity index (χ0v) is 8.92. The van der Waals surface area contributed by atoms with Crippen LogP contribution in [-0.4, -0.2) is 30.1 Å². The van der Waals surface area contributed by atoms with Gasteiger partial charge in [-0.25, -0.2) is 0 Å². The molecule has 0 aromatic rings. The van der Waals surface area contributed by atoms with Gasteiger partial charge in [0.25, 0.3) is 0 Å². The van der Waals surface area contributed by atoms with Gasteiger partial charge in [-0.3, -0.25) is 4.90 Å². The zero-order valence-electron chi connectivity index (χ0n) is 8.92. The Hall–Kier alpha value is -0.0800. The summed E-state index contributed by atoms with van der Waals surface area (Å²) in [6.07, 6.45) is 3.96. The molecule has 0 radical (unpaired) electrons. The highest BCUT2D eigenvalue weighted by molar-refractivity contribution is 5.07. The van der Waals surface area contributed by atoms with Crippen LogP contribution in [0.3, 0.4) is 0 Å². The Balaban J connectivity index is 2.24. The quantitative estimate of drug-likeness (QED) is 0.700. The molecule has 2 heteroatoms.